The average molecular weight is 385 g/mol. The van der Waals surface area contributed by atoms with Gasteiger partial charge in [-0.15, -0.1) is 0 Å². The van der Waals surface area contributed by atoms with Crippen molar-refractivity contribution in [3.8, 4) is 5.75 Å². The number of hydrogen-bond donors (Lipinski definition) is 2. The van der Waals surface area contributed by atoms with Gasteiger partial charge in [0.1, 0.15) is 5.75 Å². The molecule has 2 aromatic rings. The number of rotatable bonds is 7. The van der Waals surface area contributed by atoms with E-state index in [4.69, 9.17) is 4.74 Å². The van der Waals surface area contributed by atoms with Crippen molar-refractivity contribution in [2.24, 2.45) is 18.0 Å². The van der Waals surface area contributed by atoms with E-state index >= 15 is 0 Å². The fourth-order valence-electron chi connectivity index (χ4n) is 3.55. The van der Waals surface area contributed by atoms with Crippen molar-refractivity contribution in [2.45, 2.75) is 25.9 Å². The van der Waals surface area contributed by atoms with Gasteiger partial charge in [0.05, 0.1) is 19.3 Å². The highest BCUT2D eigenvalue weighted by atomic mass is 16.5. The molecule has 0 atom stereocenters. The Labute approximate surface area is 167 Å². The third-order valence-corrected chi connectivity index (χ3v) is 5.41. The molecule has 1 aromatic carbocycles. The maximum atomic E-state index is 5.23. The summed E-state index contributed by atoms with van der Waals surface area (Å²) in [4.78, 5) is 6.87. The van der Waals surface area contributed by atoms with Crippen molar-refractivity contribution in [1.29, 1.82) is 0 Å². The highest BCUT2D eigenvalue weighted by Crippen LogP contribution is 2.19. The zero-order valence-electron chi connectivity index (χ0n) is 17.2. The van der Waals surface area contributed by atoms with Crippen LogP contribution in [0.25, 0.3) is 0 Å². The van der Waals surface area contributed by atoms with Gasteiger partial charge in [-0.3, -0.25) is 14.6 Å². The smallest absolute Gasteiger partial charge is 0.191 e. The van der Waals surface area contributed by atoms with E-state index < -0.39 is 0 Å². The summed E-state index contributed by atoms with van der Waals surface area (Å²) in [6, 6.07) is 10.4. The molecule has 28 heavy (non-hydrogen) atoms. The second-order valence-electron chi connectivity index (χ2n) is 7.32. The Kier molecular flexibility index (Phi) is 7.31. The minimum absolute atomic E-state index is 0.683. The number of ether oxygens (including phenoxy) is 1. The summed E-state index contributed by atoms with van der Waals surface area (Å²) in [7, 11) is 5.47. The zero-order chi connectivity index (χ0) is 19.8. The standard InChI is InChI=1S/C21H32N6O/c1-22-21(24-15-19-8-11-25-26(19)2)23-14-17-9-12-27(13-10-17)16-18-4-6-20(28-3)7-5-18/h4-8,11,17H,9-10,12-16H2,1-3H3,(H2,22,23,24). The normalized spacial score (nSPS) is 16.2. The van der Waals surface area contributed by atoms with Gasteiger partial charge >= 0.3 is 0 Å². The predicted octanol–water partition coefficient (Wildman–Crippen LogP) is 2.01. The summed E-state index contributed by atoms with van der Waals surface area (Å²) in [5.74, 6) is 2.45. The monoisotopic (exact) mass is 384 g/mol. The highest BCUT2D eigenvalue weighted by Gasteiger charge is 2.19. The van der Waals surface area contributed by atoms with E-state index in [9.17, 15) is 0 Å². The Balaban J connectivity index is 1.36. The molecule has 1 aliphatic heterocycles. The van der Waals surface area contributed by atoms with Gasteiger partial charge in [0.15, 0.2) is 5.96 Å². The molecule has 1 aliphatic rings. The molecule has 2 heterocycles. The molecule has 0 spiro atoms. The molecule has 0 saturated carbocycles. The topological polar surface area (TPSA) is 66.7 Å². The van der Waals surface area contributed by atoms with E-state index in [-0.39, 0.29) is 0 Å². The number of methoxy groups -OCH3 is 1. The molecule has 7 nitrogen and oxygen atoms in total. The first-order valence-corrected chi connectivity index (χ1v) is 9.94. The second-order valence-corrected chi connectivity index (χ2v) is 7.32. The molecule has 0 unspecified atom stereocenters. The number of aliphatic imine (C=N–C) groups is 1. The van der Waals surface area contributed by atoms with Crippen LogP contribution in [0.3, 0.4) is 0 Å². The van der Waals surface area contributed by atoms with Crippen LogP contribution in [0, 0.1) is 5.92 Å². The molecule has 0 bridgehead atoms. The Morgan fingerprint density at radius 1 is 1.18 bits per heavy atom. The molecule has 7 heteroatoms. The number of likely N-dealkylation sites (tertiary alicyclic amines) is 1. The Bertz CT molecular complexity index is 747. The lowest BCUT2D eigenvalue weighted by Gasteiger charge is -2.32. The number of benzene rings is 1. The van der Waals surface area contributed by atoms with E-state index in [2.05, 4.69) is 37.8 Å². The molecule has 1 aromatic heterocycles. The number of aromatic nitrogens is 2. The fourth-order valence-corrected chi connectivity index (χ4v) is 3.55. The van der Waals surface area contributed by atoms with Crippen molar-refractivity contribution in [2.75, 3.05) is 33.8 Å². The minimum Gasteiger partial charge on any atom is -0.497 e. The molecule has 152 valence electrons. The molecule has 0 radical (unpaired) electrons. The molecule has 0 amide bonds. The van der Waals surface area contributed by atoms with Gasteiger partial charge in [-0.1, -0.05) is 12.1 Å². The fraction of sp³-hybridized carbons (Fsp3) is 0.524. The van der Waals surface area contributed by atoms with Crippen LogP contribution < -0.4 is 15.4 Å². The third kappa shape index (κ3) is 5.73. The first-order valence-electron chi connectivity index (χ1n) is 9.94. The Morgan fingerprint density at radius 2 is 1.93 bits per heavy atom. The Hall–Kier alpha value is -2.54. The molecular formula is C21H32N6O. The van der Waals surface area contributed by atoms with Crippen LogP contribution in [0.1, 0.15) is 24.1 Å². The molecular weight excluding hydrogens is 352 g/mol. The van der Waals surface area contributed by atoms with Crippen molar-refractivity contribution < 1.29 is 4.74 Å². The number of guanidine groups is 1. The zero-order valence-corrected chi connectivity index (χ0v) is 17.2. The van der Waals surface area contributed by atoms with Crippen molar-refractivity contribution in [3.63, 3.8) is 0 Å². The van der Waals surface area contributed by atoms with Gasteiger partial charge in [0, 0.05) is 33.4 Å². The maximum Gasteiger partial charge on any atom is 0.191 e. The van der Waals surface area contributed by atoms with Crippen LogP contribution in [0.15, 0.2) is 41.5 Å². The van der Waals surface area contributed by atoms with Crippen LogP contribution in [0.2, 0.25) is 0 Å². The van der Waals surface area contributed by atoms with Gasteiger partial charge in [-0.2, -0.15) is 5.10 Å². The van der Waals surface area contributed by atoms with E-state index in [1.165, 1.54) is 18.4 Å². The number of nitrogens with zero attached hydrogens (tertiary/aromatic N) is 4. The Morgan fingerprint density at radius 3 is 2.54 bits per heavy atom. The van der Waals surface area contributed by atoms with Gasteiger partial charge in [-0.25, -0.2) is 0 Å². The molecule has 3 rings (SSSR count). The number of piperidine rings is 1. The van der Waals surface area contributed by atoms with Gasteiger partial charge in [0.2, 0.25) is 0 Å². The lowest BCUT2D eigenvalue weighted by Crippen LogP contribution is -2.42. The number of aryl methyl sites for hydroxylation is 1. The van der Waals surface area contributed by atoms with E-state index in [0.29, 0.717) is 5.92 Å². The first-order chi connectivity index (χ1) is 13.7. The maximum absolute atomic E-state index is 5.23. The van der Waals surface area contributed by atoms with Gasteiger partial charge in [-0.05, 0) is 55.6 Å². The van der Waals surface area contributed by atoms with Crippen LogP contribution in [0.5, 0.6) is 5.75 Å². The summed E-state index contributed by atoms with van der Waals surface area (Å²) >= 11 is 0. The van der Waals surface area contributed by atoms with E-state index in [1.807, 2.05) is 43.2 Å². The lowest BCUT2D eigenvalue weighted by atomic mass is 9.96. The minimum atomic E-state index is 0.683. The quantitative estimate of drug-likeness (QED) is 0.565. The second kappa shape index (κ2) is 10.1. The SMILES string of the molecule is CN=C(NCc1ccnn1C)NCC1CCN(Cc2ccc(OC)cc2)CC1. The summed E-state index contributed by atoms with van der Waals surface area (Å²) in [6.45, 7) is 4.97. The van der Waals surface area contributed by atoms with Gasteiger partial charge < -0.3 is 15.4 Å². The van der Waals surface area contributed by atoms with E-state index in [1.54, 1.807) is 7.11 Å². The van der Waals surface area contributed by atoms with Crippen LogP contribution >= 0.6 is 0 Å². The number of nitrogens with one attached hydrogen (secondary N) is 2. The summed E-state index contributed by atoms with van der Waals surface area (Å²) in [5, 5.41) is 11.0. The van der Waals surface area contributed by atoms with Crippen molar-refractivity contribution in [1.82, 2.24) is 25.3 Å². The summed E-state index contributed by atoms with van der Waals surface area (Å²) in [6.07, 6.45) is 4.23. The summed E-state index contributed by atoms with van der Waals surface area (Å²) < 4.78 is 7.11. The lowest BCUT2D eigenvalue weighted by molar-refractivity contribution is 0.178. The highest BCUT2D eigenvalue weighted by molar-refractivity contribution is 5.79. The van der Waals surface area contributed by atoms with Crippen LogP contribution in [-0.4, -0.2) is 54.4 Å². The number of hydrogen-bond acceptors (Lipinski definition) is 4. The predicted molar refractivity (Wildman–Crippen MR) is 112 cm³/mol. The molecule has 2 N–H and O–H groups in total. The van der Waals surface area contributed by atoms with Gasteiger partial charge in [0.25, 0.3) is 0 Å². The molecule has 0 aliphatic carbocycles. The molecule has 1 fully saturated rings. The largest absolute Gasteiger partial charge is 0.497 e. The van der Waals surface area contributed by atoms with E-state index in [0.717, 1.165) is 50.1 Å². The first kappa shape index (κ1) is 20.2. The van der Waals surface area contributed by atoms with Crippen LogP contribution in [-0.2, 0) is 20.1 Å². The van der Waals surface area contributed by atoms with Crippen molar-refractivity contribution in [3.05, 3.63) is 47.8 Å². The van der Waals surface area contributed by atoms with Crippen molar-refractivity contribution >= 4 is 5.96 Å². The molecule has 1 saturated heterocycles. The summed E-state index contributed by atoms with van der Waals surface area (Å²) in [5.41, 5.74) is 2.48. The van der Waals surface area contributed by atoms with Crippen LogP contribution in [0.4, 0.5) is 0 Å². The average Bonchev–Trinajstić information content (AvgIpc) is 3.14. The third-order valence-electron chi connectivity index (χ3n) is 5.41.